The van der Waals surface area contributed by atoms with Crippen molar-refractivity contribution in [2.75, 3.05) is 18.0 Å². The van der Waals surface area contributed by atoms with Crippen molar-refractivity contribution in [3.05, 3.63) is 59.9 Å². The Kier molecular flexibility index (Phi) is 5.93. The number of anilines is 1. The minimum absolute atomic E-state index is 0.0666. The highest BCUT2D eigenvalue weighted by Gasteiger charge is 2.20. The standard InChI is InChI=1S/C10H12FNO.C7H8O3S/c11-8-2-1-3-9(6-8)12-5-4-10(13)7-12;1-6-2-4-7(5-3-6)11(8,9)10/h1-3,6,10,13H,4-5,7H2;2-5H,1H3,(H,8,9,10)/t10-;/m1./s1. The molecule has 0 amide bonds. The van der Waals surface area contributed by atoms with Crippen molar-refractivity contribution >= 4 is 15.8 Å². The first kappa shape index (κ1) is 18.4. The van der Waals surface area contributed by atoms with Crippen LogP contribution in [0.2, 0.25) is 0 Å². The van der Waals surface area contributed by atoms with Gasteiger partial charge in [-0.3, -0.25) is 4.55 Å². The maximum atomic E-state index is 12.8. The molecule has 0 aliphatic carbocycles. The topological polar surface area (TPSA) is 77.8 Å². The Balaban J connectivity index is 0.000000177. The van der Waals surface area contributed by atoms with Crippen LogP contribution in [-0.2, 0) is 10.1 Å². The third-order valence-electron chi connectivity index (χ3n) is 3.66. The van der Waals surface area contributed by atoms with Gasteiger partial charge in [0.2, 0.25) is 0 Å². The van der Waals surface area contributed by atoms with E-state index in [-0.39, 0.29) is 16.8 Å². The summed E-state index contributed by atoms with van der Waals surface area (Å²) in [6, 6.07) is 12.5. The smallest absolute Gasteiger partial charge is 0.294 e. The molecule has 5 nitrogen and oxygen atoms in total. The van der Waals surface area contributed by atoms with Gasteiger partial charge in [-0.1, -0.05) is 23.8 Å². The Morgan fingerprint density at radius 2 is 1.83 bits per heavy atom. The van der Waals surface area contributed by atoms with Crippen LogP contribution in [-0.4, -0.2) is 37.3 Å². The highest BCUT2D eigenvalue weighted by Crippen LogP contribution is 2.20. The lowest BCUT2D eigenvalue weighted by atomic mass is 10.2. The van der Waals surface area contributed by atoms with Gasteiger partial charge >= 0.3 is 0 Å². The molecule has 130 valence electrons. The zero-order chi connectivity index (χ0) is 17.7. The number of rotatable bonds is 2. The van der Waals surface area contributed by atoms with Gasteiger partial charge in [0.25, 0.3) is 10.1 Å². The summed E-state index contributed by atoms with van der Waals surface area (Å²) in [6.07, 6.45) is 0.513. The summed E-state index contributed by atoms with van der Waals surface area (Å²) in [7, 11) is -4.02. The number of β-amino-alcohol motifs (C(OH)–C–C–N with tert-alkyl or cyclic N) is 1. The van der Waals surface area contributed by atoms with E-state index in [0.717, 1.165) is 24.2 Å². The number of aliphatic hydroxyl groups is 1. The Morgan fingerprint density at radius 1 is 1.17 bits per heavy atom. The molecule has 1 fully saturated rings. The summed E-state index contributed by atoms with van der Waals surface area (Å²) >= 11 is 0. The summed E-state index contributed by atoms with van der Waals surface area (Å²) in [5.74, 6) is -0.223. The molecule has 0 unspecified atom stereocenters. The number of benzene rings is 2. The minimum Gasteiger partial charge on any atom is -0.391 e. The van der Waals surface area contributed by atoms with Crippen LogP contribution in [0.3, 0.4) is 0 Å². The Bertz CT molecular complexity index is 777. The van der Waals surface area contributed by atoms with Crippen molar-refractivity contribution in [1.29, 1.82) is 0 Å². The molecule has 2 aromatic carbocycles. The van der Waals surface area contributed by atoms with Crippen LogP contribution in [0, 0.1) is 12.7 Å². The second kappa shape index (κ2) is 7.74. The first-order chi connectivity index (χ1) is 11.3. The van der Waals surface area contributed by atoms with Crippen molar-refractivity contribution in [3.63, 3.8) is 0 Å². The van der Waals surface area contributed by atoms with Crippen molar-refractivity contribution in [1.82, 2.24) is 0 Å². The van der Waals surface area contributed by atoms with Crippen LogP contribution in [0.5, 0.6) is 0 Å². The number of nitrogens with zero attached hydrogens (tertiary/aromatic N) is 1. The molecule has 0 radical (unpaired) electrons. The predicted molar refractivity (Wildman–Crippen MR) is 90.2 cm³/mol. The van der Waals surface area contributed by atoms with Crippen molar-refractivity contribution in [2.45, 2.75) is 24.3 Å². The molecule has 2 N–H and O–H groups in total. The van der Waals surface area contributed by atoms with Crippen LogP contribution < -0.4 is 4.90 Å². The van der Waals surface area contributed by atoms with Crippen molar-refractivity contribution in [3.8, 4) is 0 Å². The lowest BCUT2D eigenvalue weighted by molar-refractivity contribution is 0.198. The monoisotopic (exact) mass is 353 g/mol. The van der Waals surface area contributed by atoms with E-state index in [4.69, 9.17) is 4.55 Å². The molecule has 1 aliphatic rings. The average Bonchev–Trinajstić information content (AvgIpc) is 2.94. The van der Waals surface area contributed by atoms with Gasteiger partial charge in [-0.05, 0) is 43.7 Å². The Labute approximate surface area is 141 Å². The molecular weight excluding hydrogens is 333 g/mol. The fourth-order valence-corrected chi connectivity index (χ4v) is 2.84. The Morgan fingerprint density at radius 3 is 2.33 bits per heavy atom. The molecular formula is C17H20FNO4S. The second-order valence-corrected chi connectivity index (χ2v) is 7.08. The van der Waals surface area contributed by atoms with Gasteiger partial charge < -0.3 is 10.0 Å². The van der Waals surface area contributed by atoms with E-state index in [1.165, 1.54) is 24.3 Å². The third-order valence-corrected chi connectivity index (χ3v) is 4.52. The van der Waals surface area contributed by atoms with Gasteiger partial charge in [-0.2, -0.15) is 8.42 Å². The van der Waals surface area contributed by atoms with Crippen LogP contribution in [0.4, 0.5) is 10.1 Å². The van der Waals surface area contributed by atoms with E-state index in [1.54, 1.807) is 18.2 Å². The normalized spacial score (nSPS) is 17.3. The zero-order valence-corrected chi connectivity index (χ0v) is 14.1. The van der Waals surface area contributed by atoms with E-state index in [2.05, 4.69) is 0 Å². The molecule has 1 saturated heterocycles. The minimum atomic E-state index is -4.02. The first-order valence-corrected chi connectivity index (χ1v) is 8.92. The summed E-state index contributed by atoms with van der Waals surface area (Å²) in [4.78, 5) is 1.93. The van der Waals surface area contributed by atoms with Crippen molar-refractivity contribution in [2.24, 2.45) is 0 Å². The predicted octanol–water partition coefficient (Wildman–Crippen LogP) is 2.64. The van der Waals surface area contributed by atoms with Gasteiger partial charge in [-0.25, -0.2) is 4.39 Å². The molecule has 1 atom stereocenters. The van der Waals surface area contributed by atoms with Crippen LogP contribution in [0.15, 0.2) is 53.4 Å². The lowest BCUT2D eigenvalue weighted by Gasteiger charge is -2.17. The van der Waals surface area contributed by atoms with E-state index < -0.39 is 10.1 Å². The van der Waals surface area contributed by atoms with Gasteiger partial charge in [0.1, 0.15) is 5.82 Å². The lowest BCUT2D eigenvalue weighted by Crippen LogP contribution is -2.21. The Hall–Kier alpha value is -1.96. The first-order valence-electron chi connectivity index (χ1n) is 7.48. The highest BCUT2D eigenvalue weighted by atomic mass is 32.2. The zero-order valence-electron chi connectivity index (χ0n) is 13.3. The summed E-state index contributed by atoms with van der Waals surface area (Å²) in [5.41, 5.74) is 1.81. The van der Waals surface area contributed by atoms with Gasteiger partial charge in [0.15, 0.2) is 0 Å². The quantitative estimate of drug-likeness (QED) is 0.812. The molecule has 0 saturated carbocycles. The van der Waals surface area contributed by atoms with Crippen LogP contribution in [0.25, 0.3) is 0 Å². The third kappa shape index (κ3) is 5.30. The van der Waals surface area contributed by atoms with E-state index in [9.17, 15) is 17.9 Å². The molecule has 1 heterocycles. The van der Waals surface area contributed by atoms with Gasteiger partial charge in [0.05, 0.1) is 11.0 Å². The fourth-order valence-electron chi connectivity index (χ4n) is 2.36. The largest absolute Gasteiger partial charge is 0.391 e. The maximum absolute atomic E-state index is 12.8. The molecule has 0 spiro atoms. The highest BCUT2D eigenvalue weighted by molar-refractivity contribution is 7.85. The number of aryl methyl sites for hydroxylation is 1. The number of halogens is 1. The summed E-state index contributed by atoms with van der Waals surface area (Å²) < 4.78 is 42.4. The molecule has 0 aromatic heterocycles. The number of aliphatic hydroxyl groups excluding tert-OH is 1. The molecule has 1 aliphatic heterocycles. The van der Waals surface area contributed by atoms with Crippen LogP contribution >= 0.6 is 0 Å². The van der Waals surface area contributed by atoms with Gasteiger partial charge in [0, 0.05) is 18.8 Å². The molecule has 3 rings (SSSR count). The van der Waals surface area contributed by atoms with E-state index in [0.29, 0.717) is 6.54 Å². The molecule has 2 aromatic rings. The van der Waals surface area contributed by atoms with E-state index >= 15 is 0 Å². The fraction of sp³-hybridized carbons (Fsp3) is 0.294. The number of hydrogen-bond donors (Lipinski definition) is 2. The maximum Gasteiger partial charge on any atom is 0.294 e. The van der Waals surface area contributed by atoms with Crippen molar-refractivity contribution < 1.29 is 22.5 Å². The molecule has 0 bridgehead atoms. The summed E-state index contributed by atoms with van der Waals surface area (Å²) in [5, 5.41) is 9.29. The van der Waals surface area contributed by atoms with E-state index in [1.807, 2.05) is 17.9 Å². The van der Waals surface area contributed by atoms with Gasteiger partial charge in [-0.15, -0.1) is 0 Å². The average molecular weight is 353 g/mol. The SMILES string of the molecule is Cc1ccc(S(=O)(=O)O)cc1.O[C@@H]1CCN(c2cccc(F)c2)C1. The van der Waals surface area contributed by atoms with Crippen LogP contribution in [0.1, 0.15) is 12.0 Å². The molecule has 7 heteroatoms. The number of hydrogen-bond acceptors (Lipinski definition) is 4. The summed E-state index contributed by atoms with van der Waals surface area (Å²) in [6.45, 7) is 3.27. The second-order valence-electron chi connectivity index (χ2n) is 5.66. The molecule has 24 heavy (non-hydrogen) atoms.